The van der Waals surface area contributed by atoms with E-state index < -0.39 is 5.54 Å². The molecule has 3 heterocycles. The van der Waals surface area contributed by atoms with Crippen molar-refractivity contribution < 1.29 is 18.8 Å². The van der Waals surface area contributed by atoms with Crippen LogP contribution >= 0.6 is 0 Å². The smallest absolute Gasteiger partial charge is 0.270 e. The molecule has 0 atom stereocenters. The topological polar surface area (TPSA) is 103 Å². The van der Waals surface area contributed by atoms with Gasteiger partial charge in [-0.1, -0.05) is 5.16 Å². The summed E-state index contributed by atoms with van der Waals surface area (Å²) in [6, 6.07) is 3.61. The number of hydrogen-bond acceptors (Lipinski definition) is 8. The van der Waals surface area contributed by atoms with Gasteiger partial charge < -0.3 is 24.2 Å². The number of hydrogen-bond donors (Lipinski definition) is 1. The van der Waals surface area contributed by atoms with Gasteiger partial charge in [0.1, 0.15) is 11.4 Å². The van der Waals surface area contributed by atoms with Gasteiger partial charge in [-0.25, -0.2) is 4.98 Å². The largest absolute Gasteiger partial charge is 0.476 e. The van der Waals surface area contributed by atoms with Crippen LogP contribution in [0.4, 0.5) is 5.69 Å². The maximum absolute atomic E-state index is 12.9. The second kappa shape index (κ2) is 7.62. The van der Waals surface area contributed by atoms with Crippen LogP contribution in [0.15, 0.2) is 16.7 Å². The van der Waals surface area contributed by atoms with Crippen LogP contribution in [0.5, 0.6) is 5.88 Å². The molecule has 1 aliphatic carbocycles. The van der Waals surface area contributed by atoms with E-state index in [1.165, 1.54) is 12.8 Å². The Morgan fingerprint density at radius 3 is 2.69 bits per heavy atom. The third kappa shape index (κ3) is 4.34. The monoisotopic (exact) mass is 401 g/mol. The standard InChI is InChI=1S/C20H27N5O4/c1-12-21-19(24-29-12)20(2,3)23-17(26)15-7-8-16(25-9-14(10-25)27-4)18(22-15)28-11-13-5-6-13/h7-8,13-14H,5-6,9-11H2,1-4H3,(H,23,26). The number of rotatable bonds is 8. The SMILES string of the molecule is COC1CN(c2ccc(C(=O)NC(C)(C)c3noc(C)n3)nc2OCC2CC2)C1. The lowest BCUT2D eigenvalue weighted by molar-refractivity contribution is 0.0782. The lowest BCUT2D eigenvalue weighted by atomic mass is 10.0. The van der Waals surface area contributed by atoms with E-state index >= 15 is 0 Å². The van der Waals surface area contributed by atoms with Crippen LogP contribution in [-0.2, 0) is 10.3 Å². The fraction of sp³-hybridized carbons (Fsp3) is 0.600. The van der Waals surface area contributed by atoms with Gasteiger partial charge in [0.25, 0.3) is 5.91 Å². The summed E-state index contributed by atoms with van der Waals surface area (Å²) in [5.74, 6) is 1.62. The van der Waals surface area contributed by atoms with Gasteiger partial charge in [-0.05, 0) is 44.7 Å². The van der Waals surface area contributed by atoms with Gasteiger partial charge in [-0.15, -0.1) is 0 Å². The number of pyridine rings is 1. The Morgan fingerprint density at radius 1 is 1.31 bits per heavy atom. The molecule has 29 heavy (non-hydrogen) atoms. The Bertz CT molecular complexity index is 887. The number of aromatic nitrogens is 3. The number of anilines is 1. The van der Waals surface area contributed by atoms with E-state index in [1.807, 2.05) is 19.9 Å². The number of ether oxygens (including phenoxy) is 2. The fourth-order valence-corrected chi connectivity index (χ4v) is 3.13. The molecule has 2 aliphatic rings. The van der Waals surface area contributed by atoms with Crippen LogP contribution < -0.4 is 15.0 Å². The Morgan fingerprint density at radius 2 is 2.07 bits per heavy atom. The highest BCUT2D eigenvalue weighted by Gasteiger charge is 2.32. The Kier molecular flexibility index (Phi) is 5.16. The highest BCUT2D eigenvalue weighted by Crippen LogP contribution is 2.34. The van der Waals surface area contributed by atoms with E-state index in [2.05, 4.69) is 25.3 Å². The minimum atomic E-state index is -0.798. The maximum Gasteiger partial charge on any atom is 0.270 e. The summed E-state index contributed by atoms with van der Waals surface area (Å²) in [6.07, 6.45) is 2.58. The van der Waals surface area contributed by atoms with Crippen molar-refractivity contribution in [2.24, 2.45) is 5.92 Å². The molecule has 4 rings (SSSR count). The third-order valence-corrected chi connectivity index (χ3v) is 5.26. The molecular weight excluding hydrogens is 374 g/mol. The Labute approximate surface area is 169 Å². The second-order valence-electron chi connectivity index (χ2n) is 8.25. The van der Waals surface area contributed by atoms with Crippen molar-refractivity contribution in [3.05, 3.63) is 29.5 Å². The first-order valence-corrected chi connectivity index (χ1v) is 9.90. The number of carbonyl (C=O) groups excluding carboxylic acids is 1. The van der Waals surface area contributed by atoms with Crippen molar-refractivity contribution in [1.29, 1.82) is 0 Å². The first-order chi connectivity index (χ1) is 13.9. The number of nitrogens with zero attached hydrogens (tertiary/aromatic N) is 4. The molecular formula is C20H27N5O4. The highest BCUT2D eigenvalue weighted by molar-refractivity contribution is 5.93. The number of aryl methyl sites for hydroxylation is 1. The first-order valence-electron chi connectivity index (χ1n) is 9.90. The van der Waals surface area contributed by atoms with Crippen molar-refractivity contribution in [2.45, 2.75) is 45.3 Å². The van der Waals surface area contributed by atoms with Crippen molar-refractivity contribution in [3.8, 4) is 5.88 Å². The van der Waals surface area contributed by atoms with Crippen LogP contribution in [0.25, 0.3) is 0 Å². The zero-order valence-electron chi connectivity index (χ0n) is 17.3. The zero-order valence-corrected chi connectivity index (χ0v) is 17.3. The van der Waals surface area contributed by atoms with E-state index in [0.29, 0.717) is 30.1 Å². The van der Waals surface area contributed by atoms with Crippen molar-refractivity contribution >= 4 is 11.6 Å². The van der Waals surface area contributed by atoms with E-state index in [-0.39, 0.29) is 17.7 Å². The molecule has 9 nitrogen and oxygen atoms in total. The molecule has 0 spiro atoms. The third-order valence-electron chi connectivity index (χ3n) is 5.26. The summed E-state index contributed by atoms with van der Waals surface area (Å²) in [5.41, 5.74) is 0.383. The van der Waals surface area contributed by atoms with Gasteiger partial charge in [-0.3, -0.25) is 4.79 Å². The molecule has 2 aromatic rings. The summed E-state index contributed by atoms with van der Waals surface area (Å²) in [7, 11) is 1.71. The molecule has 2 fully saturated rings. The fourth-order valence-electron chi connectivity index (χ4n) is 3.13. The van der Waals surface area contributed by atoms with E-state index in [0.717, 1.165) is 18.8 Å². The number of methoxy groups -OCH3 is 1. The van der Waals surface area contributed by atoms with Gasteiger partial charge in [0.15, 0.2) is 5.82 Å². The summed E-state index contributed by atoms with van der Waals surface area (Å²) in [6.45, 7) is 7.54. The lowest BCUT2D eigenvalue weighted by Gasteiger charge is -2.40. The summed E-state index contributed by atoms with van der Waals surface area (Å²) in [4.78, 5) is 23.8. The Hall–Kier alpha value is -2.68. The van der Waals surface area contributed by atoms with Gasteiger partial charge in [0, 0.05) is 27.1 Å². The number of carbonyl (C=O) groups is 1. The molecule has 1 saturated carbocycles. The molecule has 1 N–H and O–H groups in total. The minimum Gasteiger partial charge on any atom is -0.476 e. The van der Waals surface area contributed by atoms with Gasteiger partial charge >= 0.3 is 0 Å². The lowest BCUT2D eigenvalue weighted by Crippen LogP contribution is -2.52. The zero-order chi connectivity index (χ0) is 20.6. The van der Waals surface area contributed by atoms with Crippen LogP contribution in [-0.4, -0.2) is 53.9 Å². The quantitative estimate of drug-likeness (QED) is 0.717. The molecule has 156 valence electrons. The summed E-state index contributed by atoms with van der Waals surface area (Å²) >= 11 is 0. The number of amides is 1. The van der Waals surface area contributed by atoms with E-state index in [1.54, 1.807) is 20.1 Å². The van der Waals surface area contributed by atoms with Gasteiger partial charge in [0.05, 0.1) is 18.2 Å². The van der Waals surface area contributed by atoms with Crippen LogP contribution in [0, 0.1) is 12.8 Å². The van der Waals surface area contributed by atoms with Gasteiger partial charge in [-0.2, -0.15) is 4.98 Å². The average molecular weight is 401 g/mol. The molecule has 0 radical (unpaired) electrons. The minimum absolute atomic E-state index is 0.216. The van der Waals surface area contributed by atoms with Crippen LogP contribution in [0.1, 0.15) is 48.9 Å². The normalized spacial score (nSPS) is 17.2. The number of nitrogens with one attached hydrogen (secondary N) is 1. The van der Waals surface area contributed by atoms with Crippen molar-refractivity contribution in [3.63, 3.8) is 0 Å². The molecule has 0 unspecified atom stereocenters. The van der Waals surface area contributed by atoms with Crippen LogP contribution in [0.3, 0.4) is 0 Å². The van der Waals surface area contributed by atoms with Gasteiger partial charge in [0.2, 0.25) is 11.8 Å². The predicted molar refractivity (Wildman–Crippen MR) is 105 cm³/mol. The molecule has 2 aromatic heterocycles. The molecule has 1 amide bonds. The second-order valence-corrected chi connectivity index (χ2v) is 8.25. The van der Waals surface area contributed by atoms with E-state index in [4.69, 9.17) is 14.0 Å². The predicted octanol–water partition coefficient (Wildman–Crippen LogP) is 2.06. The average Bonchev–Trinajstić information content (AvgIpc) is 3.37. The first kappa shape index (κ1) is 19.6. The summed E-state index contributed by atoms with van der Waals surface area (Å²) in [5, 5.41) is 6.84. The molecule has 1 aliphatic heterocycles. The highest BCUT2D eigenvalue weighted by atomic mass is 16.5. The van der Waals surface area contributed by atoms with Crippen molar-refractivity contribution in [1.82, 2.24) is 20.4 Å². The molecule has 1 saturated heterocycles. The Balaban J connectivity index is 1.51. The molecule has 0 bridgehead atoms. The summed E-state index contributed by atoms with van der Waals surface area (Å²) < 4.78 is 16.4. The molecule has 0 aromatic carbocycles. The van der Waals surface area contributed by atoms with E-state index in [9.17, 15) is 4.79 Å². The molecule has 9 heteroatoms. The maximum atomic E-state index is 12.9. The van der Waals surface area contributed by atoms with Crippen molar-refractivity contribution in [2.75, 3.05) is 31.7 Å². The van der Waals surface area contributed by atoms with Crippen LogP contribution in [0.2, 0.25) is 0 Å².